The van der Waals surface area contributed by atoms with E-state index in [1.165, 1.54) is 16.7 Å². The summed E-state index contributed by atoms with van der Waals surface area (Å²) < 4.78 is 2.13. The van der Waals surface area contributed by atoms with Gasteiger partial charge in [0, 0.05) is 51.5 Å². The fourth-order valence-corrected chi connectivity index (χ4v) is 3.42. The quantitative estimate of drug-likeness (QED) is 0.802. The summed E-state index contributed by atoms with van der Waals surface area (Å²) in [6.45, 7) is 7.57. The van der Waals surface area contributed by atoms with Gasteiger partial charge in [0.15, 0.2) is 0 Å². The number of imidazole rings is 1. The number of piperazine rings is 1. The summed E-state index contributed by atoms with van der Waals surface area (Å²) in [7, 11) is 0. The number of pyridine rings is 1. The first-order valence-electron chi connectivity index (χ1n) is 8.71. The molecule has 2 aromatic heterocycles. The second-order valence-electron chi connectivity index (χ2n) is 6.72. The molecule has 3 aromatic rings. The molecule has 1 fully saturated rings. The average molecular weight is 320 g/mol. The number of nitrogens with zero attached hydrogens (tertiary/aromatic N) is 3. The van der Waals surface area contributed by atoms with Crippen LogP contribution < -0.4 is 5.32 Å². The molecule has 0 amide bonds. The van der Waals surface area contributed by atoms with Gasteiger partial charge < -0.3 is 9.72 Å². The van der Waals surface area contributed by atoms with Crippen LogP contribution in [0.3, 0.4) is 0 Å². The predicted octanol–water partition coefficient (Wildman–Crippen LogP) is 2.64. The molecule has 4 rings (SSSR count). The molecule has 4 nitrogen and oxygen atoms in total. The number of benzene rings is 1. The van der Waals surface area contributed by atoms with Crippen molar-refractivity contribution in [1.82, 2.24) is 19.6 Å². The molecule has 0 aliphatic carbocycles. The Hall–Kier alpha value is -2.17. The highest BCUT2D eigenvalue weighted by Gasteiger charge is 2.11. The maximum absolute atomic E-state index is 4.82. The van der Waals surface area contributed by atoms with Crippen LogP contribution in [0.2, 0.25) is 0 Å². The third-order valence-electron chi connectivity index (χ3n) is 4.66. The van der Waals surface area contributed by atoms with Crippen LogP contribution in [0, 0.1) is 6.92 Å². The van der Waals surface area contributed by atoms with Gasteiger partial charge in [-0.15, -0.1) is 0 Å². The Kier molecular flexibility index (Phi) is 4.32. The zero-order valence-corrected chi connectivity index (χ0v) is 14.2. The number of hydrogen-bond acceptors (Lipinski definition) is 3. The van der Waals surface area contributed by atoms with E-state index in [2.05, 4.69) is 70.3 Å². The summed E-state index contributed by atoms with van der Waals surface area (Å²) in [6.07, 6.45) is 5.17. The molecule has 0 radical (unpaired) electrons. The zero-order valence-electron chi connectivity index (χ0n) is 14.2. The highest BCUT2D eigenvalue weighted by atomic mass is 15.2. The highest BCUT2D eigenvalue weighted by Crippen LogP contribution is 2.14. The van der Waals surface area contributed by atoms with Gasteiger partial charge in [-0.2, -0.15) is 0 Å². The molecule has 0 bridgehead atoms. The van der Waals surface area contributed by atoms with Crippen molar-refractivity contribution in [3.8, 4) is 0 Å². The molecule has 1 N–H and O–H groups in total. The molecule has 124 valence electrons. The standard InChI is InChI=1S/C20H24N4/c1-16-3-2-4-17(11-16)12-19-15-24-8-5-18(13-20(24)22-19)14-23-9-6-21-7-10-23/h2-5,8,11,13,15,21H,6-7,9-10,12,14H2,1H3. The minimum Gasteiger partial charge on any atom is -0.314 e. The normalized spacial score (nSPS) is 15.9. The summed E-state index contributed by atoms with van der Waals surface area (Å²) in [5, 5.41) is 3.40. The Morgan fingerprint density at radius 3 is 2.79 bits per heavy atom. The smallest absolute Gasteiger partial charge is 0.137 e. The van der Waals surface area contributed by atoms with E-state index in [4.69, 9.17) is 4.98 Å². The van der Waals surface area contributed by atoms with Crippen molar-refractivity contribution in [2.75, 3.05) is 26.2 Å². The third kappa shape index (κ3) is 3.50. The first-order chi connectivity index (χ1) is 11.8. The number of aromatic nitrogens is 2. The molecule has 0 unspecified atom stereocenters. The van der Waals surface area contributed by atoms with Gasteiger partial charge in [-0.25, -0.2) is 4.98 Å². The Morgan fingerprint density at radius 1 is 1.08 bits per heavy atom. The number of nitrogens with one attached hydrogen (secondary N) is 1. The number of hydrogen-bond donors (Lipinski definition) is 1. The van der Waals surface area contributed by atoms with E-state index in [1.54, 1.807) is 0 Å². The molecule has 4 heteroatoms. The topological polar surface area (TPSA) is 32.6 Å². The Labute approximate surface area is 143 Å². The summed E-state index contributed by atoms with van der Waals surface area (Å²) in [4.78, 5) is 7.32. The Morgan fingerprint density at radius 2 is 1.96 bits per heavy atom. The maximum Gasteiger partial charge on any atom is 0.137 e. The van der Waals surface area contributed by atoms with Crippen LogP contribution in [0.25, 0.3) is 5.65 Å². The fraction of sp³-hybridized carbons (Fsp3) is 0.350. The molecule has 1 aliphatic heterocycles. The largest absolute Gasteiger partial charge is 0.314 e. The first-order valence-corrected chi connectivity index (χ1v) is 8.71. The molecular formula is C20H24N4. The molecule has 1 aromatic carbocycles. The van der Waals surface area contributed by atoms with Crippen molar-refractivity contribution < 1.29 is 0 Å². The van der Waals surface area contributed by atoms with Crippen LogP contribution >= 0.6 is 0 Å². The van der Waals surface area contributed by atoms with Crippen LogP contribution in [0.5, 0.6) is 0 Å². The maximum atomic E-state index is 4.82. The highest BCUT2D eigenvalue weighted by molar-refractivity contribution is 5.43. The van der Waals surface area contributed by atoms with Gasteiger partial charge in [-0.05, 0) is 30.2 Å². The molecule has 0 atom stereocenters. The molecular weight excluding hydrogens is 296 g/mol. The van der Waals surface area contributed by atoms with E-state index in [1.807, 2.05) is 0 Å². The van der Waals surface area contributed by atoms with Crippen LogP contribution in [-0.2, 0) is 13.0 Å². The summed E-state index contributed by atoms with van der Waals surface area (Å²) >= 11 is 0. The molecule has 1 saturated heterocycles. The molecule has 3 heterocycles. The zero-order chi connectivity index (χ0) is 16.4. The van der Waals surface area contributed by atoms with E-state index < -0.39 is 0 Å². The van der Waals surface area contributed by atoms with Gasteiger partial charge in [0.05, 0.1) is 5.69 Å². The number of rotatable bonds is 4. The summed E-state index contributed by atoms with van der Waals surface area (Å²) in [5.74, 6) is 0. The fourth-order valence-electron chi connectivity index (χ4n) is 3.42. The van der Waals surface area contributed by atoms with E-state index >= 15 is 0 Å². The van der Waals surface area contributed by atoms with E-state index in [-0.39, 0.29) is 0 Å². The van der Waals surface area contributed by atoms with Crippen LogP contribution in [-0.4, -0.2) is 40.5 Å². The Bertz CT molecular complexity index is 831. The minimum absolute atomic E-state index is 0.885. The predicted molar refractivity (Wildman–Crippen MR) is 97.3 cm³/mol. The minimum atomic E-state index is 0.885. The van der Waals surface area contributed by atoms with Crippen molar-refractivity contribution in [2.45, 2.75) is 19.9 Å². The van der Waals surface area contributed by atoms with Crippen LogP contribution in [0.4, 0.5) is 0 Å². The first kappa shape index (κ1) is 15.4. The lowest BCUT2D eigenvalue weighted by atomic mass is 10.1. The number of aryl methyl sites for hydroxylation is 1. The van der Waals surface area contributed by atoms with Gasteiger partial charge in [0.25, 0.3) is 0 Å². The van der Waals surface area contributed by atoms with E-state index in [0.29, 0.717) is 0 Å². The number of fused-ring (bicyclic) bond motifs is 1. The third-order valence-corrected chi connectivity index (χ3v) is 4.66. The van der Waals surface area contributed by atoms with Crippen molar-refractivity contribution in [3.63, 3.8) is 0 Å². The molecule has 1 aliphatic rings. The van der Waals surface area contributed by atoms with Crippen LogP contribution in [0.1, 0.15) is 22.4 Å². The van der Waals surface area contributed by atoms with E-state index in [0.717, 1.165) is 50.5 Å². The molecule has 0 spiro atoms. The van der Waals surface area contributed by atoms with Crippen molar-refractivity contribution >= 4 is 5.65 Å². The lowest BCUT2D eigenvalue weighted by Gasteiger charge is -2.27. The summed E-state index contributed by atoms with van der Waals surface area (Å²) in [5.41, 5.74) is 6.14. The lowest BCUT2D eigenvalue weighted by molar-refractivity contribution is 0.233. The Balaban J connectivity index is 1.52. The van der Waals surface area contributed by atoms with Gasteiger partial charge in [0.2, 0.25) is 0 Å². The second-order valence-corrected chi connectivity index (χ2v) is 6.72. The van der Waals surface area contributed by atoms with E-state index in [9.17, 15) is 0 Å². The van der Waals surface area contributed by atoms with Crippen molar-refractivity contribution in [3.05, 3.63) is 71.2 Å². The van der Waals surface area contributed by atoms with Gasteiger partial charge >= 0.3 is 0 Å². The van der Waals surface area contributed by atoms with Crippen molar-refractivity contribution in [2.24, 2.45) is 0 Å². The average Bonchev–Trinajstić information content (AvgIpc) is 2.97. The molecule has 24 heavy (non-hydrogen) atoms. The second kappa shape index (κ2) is 6.75. The van der Waals surface area contributed by atoms with Gasteiger partial charge in [0.1, 0.15) is 5.65 Å². The van der Waals surface area contributed by atoms with Crippen molar-refractivity contribution in [1.29, 1.82) is 0 Å². The SMILES string of the molecule is Cc1cccc(Cc2cn3ccc(CN4CCNCC4)cc3n2)c1. The monoisotopic (exact) mass is 320 g/mol. The lowest BCUT2D eigenvalue weighted by Crippen LogP contribution is -2.42. The summed E-state index contributed by atoms with van der Waals surface area (Å²) in [6, 6.07) is 13.1. The van der Waals surface area contributed by atoms with Gasteiger partial charge in [-0.1, -0.05) is 29.8 Å². The van der Waals surface area contributed by atoms with Crippen LogP contribution in [0.15, 0.2) is 48.8 Å². The molecule has 0 saturated carbocycles. The van der Waals surface area contributed by atoms with Gasteiger partial charge in [-0.3, -0.25) is 4.90 Å².